The van der Waals surface area contributed by atoms with E-state index in [1.807, 2.05) is 30.3 Å². The Labute approximate surface area is 102 Å². The molecule has 0 bridgehead atoms. The van der Waals surface area contributed by atoms with Crippen LogP contribution in [0.1, 0.15) is 25.7 Å². The molecule has 4 nitrogen and oxygen atoms in total. The molecule has 0 aromatic heterocycles. The number of rotatable bonds is 7. The van der Waals surface area contributed by atoms with Crippen molar-refractivity contribution in [3.05, 3.63) is 30.3 Å². The molecule has 0 saturated heterocycles. The summed E-state index contributed by atoms with van der Waals surface area (Å²) in [4.78, 5) is 11.4. The van der Waals surface area contributed by atoms with Gasteiger partial charge in [0.25, 0.3) is 0 Å². The number of aliphatic hydroxyl groups excluding tert-OH is 1. The molecule has 0 aliphatic rings. The molecule has 0 fully saturated rings. The molecule has 0 saturated carbocycles. The lowest BCUT2D eigenvalue weighted by molar-refractivity contribution is 0.251. The average molecular weight is 236 g/mol. The number of amides is 2. The van der Waals surface area contributed by atoms with Crippen LogP contribution in [0.2, 0.25) is 0 Å². The van der Waals surface area contributed by atoms with Gasteiger partial charge in [-0.3, -0.25) is 0 Å². The highest BCUT2D eigenvalue weighted by Crippen LogP contribution is 2.04. The summed E-state index contributed by atoms with van der Waals surface area (Å²) in [5.41, 5.74) is 0.797. The highest BCUT2D eigenvalue weighted by atomic mass is 16.2. The summed E-state index contributed by atoms with van der Waals surface area (Å²) >= 11 is 0. The Bertz CT molecular complexity index is 314. The van der Waals surface area contributed by atoms with Crippen LogP contribution in [0.3, 0.4) is 0 Å². The van der Waals surface area contributed by atoms with Crippen LogP contribution in [0.15, 0.2) is 30.3 Å². The van der Waals surface area contributed by atoms with Crippen molar-refractivity contribution in [1.29, 1.82) is 0 Å². The first kappa shape index (κ1) is 13.5. The number of carbonyl (C=O) groups excluding carboxylic acids is 1. The molecule has 0 heterocycles. The predicted molar refractivity (Wildman–Crippen MR) is 69.0 cm³/mol. The van der Waals surface area contributed by atoms with Gasteiger partial charge < -0.3 is 15.7 Å². The number of para-hydroxylation sites is 1. The molecule has 0 unspecified atom stereocenters. The number of unbranched alkanes of at least 4 members (excludes halogenated alkanes) is 3. The van der Waals surface area contributed by atoms with E-state index in [0.29, 0.717) is 6.54 Å². The van der Waals surface area contributed by atoms with E-state index < -0.39 is 0 Å². The average Bonchev–Trinajstić information content (AvgIpc) is 2.35. The summed E-state index contributed by atoms with van der Waals surface area (Å²) in [6.45, 7) is 0.923. The van der Waals surface area contributed by atoms with Gasteiger partial charge in [-0.1, -0.05) is 31.0 Å². The molecule has 0 radical (unpaired) electrons. The number of aliphatic hydroxyl groups is 1. The summed E-state index contributed by atoms with van der Waals surface area (Å²) in [5.74, 6) is 0. The molecule has 94 valence electrons. The highest BCUT2D eigenvalue weighted by Gasteiger charge is 1.99. The molecule has 4 heteroatoms. The summed E-state index contributed by atoms with van der Waals surface area (Å²) in [6, 6.07) is 9.19. The fourth-order valence-corrected chi connectivity index (χ4v) is 1.49. The van der Waals surface area contributed by atoms with Crippen molar-refractivity contribution >= 4 is 11.7 Å². The summed E-state index contributed by atoms with van der Waals surface area (Å²) in [6.07, 6.45) is 3.84. The van der Waals surface area contributed by atoms with Crippen LogP contribution in [0, 0.1) is 0 Å². The maximum atomic E-state index is 11.4. The third-order valence-corrected chi connectivity index (χ3v) is 2.40. The van der Waals surface area contributed by atoms with Crippen LogP contribution in [0.25, 0.3) is 0 Å². The fraction of sp³-hybridized carbons (Fsp3) is 0.462. The Morgan fingerprint density at radius 3 is 2.47 bits per heavy atom. The normalized spacial score (nSPS) is 9.94. The Kier molecular flexibility index (Phi) is 6.82. The van der Waals surface area contributed by atoms with Gasteiger partial charge in [0.15, 0.2) is 0 Å². The van der Waals surface area contributed by atoms with E-state index in [4.69, 9.17) is 5.11 Å². The number of hydrogen-bond donors (Lipinski definition) is 3. The van der Waals surface area contributed by atoms with E-state index in [9.17, 15) is 4.79 Å². The molecular weight excluding hydrogens is 216 g/mol. The largest absolute Gasteiger partial charge is 0.396 e. The number of hydrogen-bond acceptors (Lipinski definition) is 2. The number of anilines is 1. The van der Waals surface area contributed by atoms with Crippen molar-refractivity contribution in [2.75, 3.05) is 18.5 Å². The van der Waals surface area contributed by atoms with Crippen LogP contribution < -0.4 is 10.6 Å². The Hall–Kier alpha value is -1.55. The molecule has 2 amide bonds. The number of carbonyl (C=O) groups is 1. The first-order valence-corrected chi connectivity index (χ1v) is 6.03. The van der Waals surface area contributed by atoms with E-state index in [1.165, 1.54) is 0 Å². The van der Waals surface area contributed by atoms with Crippen LogP contribution in [-0.2, 0) is 0 Å². The molecule has 0 aliphatic carbocycles. The van der Waals surface area contributed by atoms with E-state index in [2.05, 4.69) is 10.6 Å². The summed E-state index contributed by atoms with van der Waals surface area (Å²) in [7, 11) is 0. The van der Waals surface area contributed by atoms with Gasteiger partial charge in [-0.05, 0) is 25.0 Å². The second kappa shape index (κ2) is 8.58. The van der Waals surface area contributed by atoms with E-state index in [1.54, 1.807) is 0 Å². The van der Waals surface area contributed by atoms with E-state index in [0.717, 1.165) is 31.4 Å². The standard InChI is InChI=1S/C13H20N2O2/c16-11-7-2-1-6-10-14-13(17)15-12-8-4-3-5-9-12/h3-5,8-9,16H,1-2,6-7,10-11H2,(H2,14,15,17). The van der Waals surface area contributed by atoms with Crippen molar-refractivity contribution < 1.29 is 9.90 Å². The van der Waals surface area contributed by atoms with Gasteiger partial charge in [-0.15, -0.1) is 0 Å². The minimum absolute atomic E-state index is 0.168. The topological polar surface area (TPSA) is 61.4 Å². The van der Waals surface area contributed by atoms with Gasteiger partial charge >= 0.3 is 6.03 Å². The molecule has 1 aromatic rings. The lowest BCUT2D eigenvalue weighted by Crippen LogP contribution is -2.29. The maximum Gasteiger partial charge on any atom is 0.319 e. The minimum Gasteiger partial charge on any atom is -0.396 e. The zero-order chi connectivity index (χ0) is 12.3. The number of urea groups is 1. The molecule has 0 atom stereocenters. The third-order valence-electron chi connectivity index (χ3n) is 2.40. The first-order chi connectivity index (χ1) is 8.33. The first-order valence-electron chi connectivity index (χ1n) is 6.03. The molecular formula is C13H20N2O2. The molecule has 0 aliphatic heterocycles. The number of benzene rings is 1. The highest BCUT2D eigenvalue weighted by molar-refractivity contribution is 5.89. The quantitative estimate of drug-likeness (QED) is 0.636. The monoisotopic (exact) mass is 236 g/mol. The zero-order valence-corrected chi connectivity index (χ0v) is 9.98. The SMILES string of the molecule is O=C(NCCCCCCO)Nc1ccccc1. The second-order valence-electron chi connectivity index (χ2n) is 3.88. The second-order valence-corrected chi connectivity index (χ2v) is 3.88. The van der Waals surface area contributed by atoms with Crippen molar-refractivity contribution in [2.45, 2.75) is 25.7 Å². The zero-order valence-electron chi connectivity index (χ0n) is 9.98. The smallest absolute Gasteiger partial charge is 0.319 e. The van der Waals surface area contributed by atoms with Gasteiger partial charge in [0, 0.05) is 18.8 Å². The van der Waals surface area contributed by atoms with Crippen LogP contribution >= 0.6 is 0 Å². The van der Waals surface area contributed by atoms with Crippen molar-refractivity contribution in [3.8, 4) is 0 Å². The third kappa shape index (κ3) is 6.58. The Morgan fingerprint density at radius 1 is 1.06 bits per heavy atom. The van der Waals surface area contributed by atoms with Gasteiger partial charge in [-0.25, -0.2) is 4.79 Å². The molecule has 17 heavy (non-hydrogen) atoms. The van der Waals surface area contributed by atoms with E-state index >= 15 is 0 Å². The maximum absolute atomic E-state index is 11.4. The van der Waals surface area contributed by atoms with E-state index in [-0.39, 0.29) is 12.6 Å². The lowest BCUT2D eigenvalue weighted by Gasteiger charge is -2.07. The molecule has 3 N–H and O–H groups in total. The predicted octanol–water partition coefficient (Wildman–Crippen LogP) is 2.36. The number of nitrogens with one attached hydrogen (secondary N) is 2. The van der Waals surface area contributed by atoms with Crippen molar-refractivity contribution in [3.63, 3.8) is 0 Å². The van der Waals surface area contributed by atoms with Crippen molar-refractivity contribution in [1.82, 2.24) is 5.32 Å². The minimum atomic E-state index is -0.168. The van der Waals surface area contributed by atoms with Crippen LogP contribution in [0.4, 0.5) is 10.5 Å². The van der Waals surface area contributed by atoms with Crippen LogP contribution in [0.5, 0.6) is 0 Å². The van der Waals surface area contributed by atoms with Crippen LogP contribution in [-0.4, -0.2) is 24.3 Å². The Balaban J connectivity index is 2.06. The molecule has 1 aromatic carbocycles. The van der Waals surface area contributed by atoms with Gasteiger partial charge in [0.1, 0.15) is 0 Å². The molecule has 1 rings (SSSR count). The Morgan fingerprint density at radius 2 is 1.76 bits per heavy atom. The van der Waals surface area contributed by atoms with Gasteiger partial charge in [0.05, 0.1) is 0 Å². The molecule has 0 spiro atoms. The van der Waals surface area contributed by atoms with Gasteiger partial charge in [-0.2, -0.15) is 0 Å². The fourth-order valence-electron chi connectivity index (χ4n) is 1.49. The lowest BCUT2D eigenvalue weighted by atomic mass is 10.2. The van der Waals surface area contributed by atoms with Gasteiger partial charge in [0.2, 0.25) is 0 Å². The van der Waals surface area contributed by atoms with Crippen molar-refractivity contribution in [2.24, 2.45) is 0 Å². The summed E-state index contributed by atoms with van der Waals surface area (Å²) in [5, 5.41) is 14.1. The summed E-state index contributed by atoms with van der Waals surface area (Å²) < 4.78 is 0.